The van der Waals surface area contributed by atoms with E-state index in [9.17, 15) is 13.6 Å². The molecule has 0 unspecified atom stereocenters. The largest absolute Gasteiger partial charge is 0.298 e. The van der Waals surface area contributed by atoms with Gasteiger partial charge in [-0.15, -0.1) is 0 Å². The first kappa shape index (κ1) is 15.8. The molecule has 0 saturated carbocycles. The summed E-state index contributed by atoms with van der Waals surface area (Å²) >= 11 is 3.19. The van der Waals surface area contributed by atoms with Gasteiger partial charge in [0.05, 0.1) is 0 Å². The summed E-state index contributed by atoms with van der Waals surface area (Å²) in [6.07, 6.45) is 0.00346. The number of carbonyl (C=O) groups excluding carboxylic acids is 1. The van der Waals surface area contributed by atoms with Gasteiger partial charge in [0.1, 0.15) is 17.4 Å². The van der Waals surface area contributed by atoms with Crippen LogP contribution in [-0.4, -0.2) is 5.78 Å². The summed E-state index contributed by atoms with van der Waals surface area (Å²) < 4.78 is 27.4. The molecule has 0 fully saturated rings. The van der Waals surface area contributed by atoms with Crippen molar-refractivity contribution in [2.24, 2.45) is 0 Å². The van der Waals surface area contributed by atoms with Crippen molar-refractivity contribution in [2.75, 3.05) is 0 Å². The van der Waals surface area contributed by atoms with E-state index >= 15 is 0 Å². The standard InChI is InChI=1S/C17H15BrF2O/c1-17(2,12-4-7-14(19)8-5-12)16(21)9-11-3-6-13(18)10-15(11)20/h3-8,10H,9H2,1-2H3. The molecule has 0 aromatic heterocycles. The maximum atomic E-state index is 13.8. The van der Waals surface area contributed by atoms with E-state index in [2.05, 4.69) is 15.9 Å². The van der Waals surface area contributed by atoms with Crippen LogP contribution in [0.25, 0.3) is 0 Å². The van der Waals surface area contributed by atoms with Crippen molar-refractivity contribution in [1.29, 1.82) is 0 Å². The SMILES string of the molecule is CC(C)(C(=O)Cc1ccc(Br)cc1F)c1ccc(F)cc1. The van der Waals surface area contributed by atoms with Crippen LogP contribution in [-0.2, 0) is 16.6 Å². The molecular weight excluding hydrogens is 338 g/mol. The van der Waals surface area contributed by atoms with E-state index in [1.165, 1.54) is 18.2 Å². The molecule has 0 aliphatic heterocycles. The summed E-state index contributed by atoms with van der Waals surface area (Å²) in [6.45, 7) is 3.53. The van der Waals surface area contributed by atoms with E-state index < -0.39 is 11.2 Å². The molecule has 21 heavy (non-hydrogen) atoms. The van der Waals surface area contributed by atoms with Gasteiger partial charge in [-0.1, -0.05) is 34.1 Å². The number of halogens is 3. The fourth-order valence-corrected chi connectivity index (χ4v) is 2.42. The maximum absolute atomic E-state index is 13.8. The Morgan fingerprint density at radius 2 is 1.71 bits per heavy atom. The van der Waals surface area contributed by atoms with Crippen LogP contribution in [0.5, 0.6) is 0 Å². The summed E-state index contributed by atoms with van der Waals surface area (Å²) in [5.74, 6) is -0.871. The number of ketones is 1. The quantitative estimate of drug-likeness (QED) is 0.771. The van der Waals surface area contributed by atoms with Crippen LogP contribution in [0.3, 0.4) is 0 Å². The van der Waals surface area contributed by atoms with E-state index in [1.807, 2.05) is 0 Å². The lowest BCUT2D eigenvalue weighted by Gasteiger charge is -2.24. The molecule has 0 saturated heterocycles. The number of hydrogen-bond donors (Lipinski definition) is 0. The second-order valence-corrected chi connectivity index (χ2v) is 6.38. The Balaban J connectivity index is 2.24. The molecule has 0 aliphatic rings. The molecule has 0 aliphatic carbocycles. The van der Waals surface area contributed by atoms with Gasteiger partial charge in [-0.2, -0.15) is 0 Å². The first-order valence-corrected chi connectivity index (χ1v) is 7.33. The van der Waals surface area contributed by atoms with Crippen LogP contribution in [0.4, 0.5) is 8.78 Å². The zero-order chi connectivity index (χ0) is 15.6. The van der Waals surface area contributed by atoms with Crippen molar-refractivity contribution in [1.82, 2.24) is 0 Å². The Bertz CT molecular complexity index is 663. The van der Waals surface area contributed by atoms with Crippen molar-refractivity contribution in [3.8, 4) is 0 Å². The molecule has 0 heterocycles. The number of carbonyl (C=O) groups is 1. The average Bonchev–Trinajstić information content (AvgIpc) is 2.42. The van der Waals surface area contributed by atoms with E-state index in [4.69, 9.17) is 0 Å². The smallest absolute Gasteiger partial charge is 0.147 e. The highest BCUT2D eigenvalue weighted by Gasteiger charge is 2.30. The third kappa shape index (κ3) is 3.56. The van der Waals surface area contributed by atoms with Crippen molar-refractivity contribution >= 4 is 21.7 Å². The summed E-state index contributed by atoms with van der Waals surface area (Å²) in [7, 11) is 0. The molecule has 0 amide bonds. The fourth-order valence-electron chi connectivity index (χ4n) is 2.09. The minimum absolute atomic E-state index is 0.00346. The summed E-state index contributed by atoms with van der Waals surface area (Å²) in [5, 5.41) is 0. The van der Waals surface area contributed by atoms with Gasteiger partial charge < -0.3 is 0 Å². The molecule has 110 valence electrons. The van der Waals surface area contributed by atoms with E-state index in [0.29, 0.717) is 15.6 Å². The Labute approximate surface area is 131 Å². The normalized spacial score (nSPS) is 11.5. The first-order valence-electron chi connectivity index (χ1n) is 6.54. The van der Waals surface area contributed by atoms with Gasteiger partial charge in [-0.05, 0) is 49.2 Å². The Morgan fingerprint density at radius 3 is 2.29 bits per heavy atom. The molecule has 0 spiro atoms. The van der Waals surface area contributed by atoms with Crippen molar-refractivity contribution in [3.63, 3.8) is 0 Å². The maximum Gasteiger partial charge on any atom is 0.147 e. The van der Waals surface area contributed by atoms with Crippen LogP contribution in [0.2, 0.25) is 0 Å². The van der Waals surface area contributed by atoms with Crippen LogP contribution in [0.1, 0.15) is 25.0 Å². The van der Waals surface area contributed by atoms with Gasteiger partial charge in [0.15, 0.2) is 0 Å². The lowest BCUT2D eigenvalue weighted by atomic mass is 9.78. The van der Waals surface area contributed by atoms with Crippen molar-refractivity contribution < 1.29 is 13.6 Å². The zero-order valence-electron chi connectivity index (χ0n) is 11.8. The highest BCUT2D eigenvalue weighted by Crippen LogP contribution is 2.27. The summed E-state index contributed by atoms with van der Waals surface area (Å²) in [5.41, 5.74) is 0.275. The molecule has 2 rings (SSSR count). The van der Waals surface area contributed by atoms with Gasteiger partial charge >= 0.3 is 0 Å². The molecular formula is C17H15BrF2O. The number of benzene rings is 2. The van der Waals surface area contributed by atoms with Gasteiger partial charge in [-0.3, -0.25) is 4.79 Å². The molecule has 0 radical (unpaired) electrons. The fraction of sp³-hybridized carbons (Fsp3) is 0.235. The van der Waals surface area contributed by atoms with Crippen molar-refractivity contribution in [2.45, 2.75) is 25.7 Å². The molecule has 0 N–H and O–H groups in total. The molecule has 4 heteroatoms. The zero-order valence-corrected chi connectivity index (χ0v) is 13.4. The van der Waals surface area contributed by atoms with Gasteiger partial charge in [0, 0.05) is 16.3 Å². The lowest BCUT2D eigenvalue weighted by molar-refractivity contribution is -0.122. The molecule has 2 aromatic rings. The Kier molecular flexibility index (Phi) is 4.57. The van der Waals surface area contributed by atoms with E-state index in [1.54, 1.807) is 38.1 Å². The monoisotopic (exact) mass is 352 g/mol. The predicted molar refractivity (Wildman–Crippen MR) is 82.2 cm³/mol. The average molecular weight is 353 g/mol. The van der Waals surface area contributed by atoms with Crippen LogP contribution in [0.15, 0.2) is 46.9 Å². The second kappa shape index (κ2) is 6.06. The van der Waals surface area contributed by atoms with Gasteiger partial charge in [0.25, 0.3) is 0 Å². The highest BCUT2D eigenvalue weighted by molar-refractivity contribution is 9.10. The van der Waals surface area contributed by atoms with Crippen LogP contribution >= 0.6 is 15.9 Å². The molecule has 2 aromatic carbocycles. The predicted octanol–water partition coefficient (Wildman–Crippen LogP) is 4.82. The molecule has 0 bridgehead atoms. The minimum atomic E-state index is -0.798. The van der Waals surface area contributed by atoms with Gasteiger partial charge in [0.2, 0.25) is 0 Å². The number of hydrogen-bond acceptors (Lipinski definition) is 1. The summed E-state index contributed by atoms with van der Waals surface area (Å²) in [4.78, 5) is 12.5. The second-order valence-electron chi connectivity index (χ2n) is 5.47. The Morgan fingerprint density at radius 1 is 1.10 bits per heavy atom. The lowest BCUT2D eigenvalue weighted by Crippen LogP contribution is -2.30. The van der Waals surface area contributed by atoms with Crippen LogP contribution in [0, 0.1) is 11.6 Å². The third-order valence-corrected chi connectivity index (χ3v) is 4.12. The number of Topliss-reactive ketones (excluding diaryl/α,β-unsaturated/α-hetero) is 1. The minimum Gasteiger partial charge on any atom is -0.298 e. The highest BCUT2D eigenvalue weighted by atomic mass is 79.9. The molecule has 0 atom stereocenters. The topological polar surface area (TPSA) is 17.1 Å². The van der Waals surface area contributed by atoms with Crippen molar-refractivity contribution in [3.05, 3.63) is 69.7 Å². The number of rotatable bonds is 4. The van der Waals surface area contributed by atoms with Gasteiger partial charge in [-0.25, -0.2) is 8.78 Å². The molecule has 1 nitrogen and oxygen atoms in total. The van der Waals surface area contributed by atoms with Crippen LogP contribution < -0.4 is 0 Å². The first-order chi connectivity index (χ1) is 9.80. The summed E-state index contributed by atoms with van der Waals surface area (Å²) in [6, 6.07) is 10.5. The third-order valence-electron chi connectivity index (χ3n) is 3.63. The Hall–Kier alpha value is -1.55. The van der Waals surface area contributed by atoms with E-state index in [0.717, 1.165) is 0 Å². The van der Waals surface area contributed by atoms with E-state index in [-0.39, 0.29) is 18.0 Å².